The van der Waals surface area contributed by atoms with Gasteiger partial charge >= 0.3 is 0 Å². The highest BCUT2D eigenvalue weighted by molar-refractivity contribution is 5.89. The maximum absolute atomic E-state index is 12.5. The number of benzene rings is 1. The smallest absolute Gasteiger partial charge is 0.227 e. The van der Waals surface area contributed by atoms with Crippen molar-refractivity contribution < 1.29 is 9.59 Å². The van der Waals surface area contributed by atoms with Crippen molar-refractivity contribution >= 4 is 11.8 Å². The van der Waals surface area contributed by atoms with E-state index in [0.717, 1.165) is 31.5 Å². The molecule has 2 amide bonds. The van der Waals surface area contributed by atoms with Crippen LogP contribution in [0.4, 0.5) is 0 Å². The monoisotopic (exact) mass is 300 g/mol. The second-order valence-corrected chi connectivity index (χ2v) is 6.55. The molecule has 1 atom stereocenters. The summed E-state index contributed by atoms with van der Waals surface area (Å²) in [6.07, 6.45) is 3.78. The molecule has 0 bridgehead atoms. The molecule has 1 aromatic carbocycles. The Morgan fingerprint density at radius 3 is 2.50 bits per heavy atom. The summed E-state index contributed by atoms with van der Waals surface area (Å²) in [6.45, 7) is 4.96. The van der Waals surface area contributed by atoms with E-state index in [1.165, 1.54) is 12.0 Å². The van der Waals surface area contributed by atoms with Crippen LogP contribution in [0.2, 0.25) is 0 Å². The number of rotatable bonds is 3. The molecule has 2 fully saturated rings. The highest BCUT2D eigenvalue weighted by Gasteiger charge is 2.36. The molecule has 0 aromatic heterocycles. The molecule has 0 spiro atoms. The number of amides is 2. The number of piperidine rings is 1. The van der Waals surface area contributed by atoms with E-state index in [9.17, 15) is 9.59 Å². The molecule has 4 nitrogen and oxygen atoms in total. The maximum atomic E-state index is 12.5. The van der Waals surface area contributed by atoms with E-state index >= 15 is 0 Å². The summed E-state index contributed by atoms with van der Waals surface area (Å²) in [6, 6.07) is 8.24. The van der Waals surface area contributed by atoms with Crippen molar-refractivity contribution in [1.82, 2.24) is 9.80 Å². The van der Waals surface area contributed by atoms with E-state index in [4.69, 9.17) is 0 Å². The molecule has 1 unspecified atom stereocenters. The summed E-state index contributed by atoms with van der Waals surface area (Å²) in [5.41, 5.74) is 2.35. The Kier molecular flexibility index (Phi) is 4.46. The lowest BCUT2D eigenvalue weighted by Gasteiger charge is -2.29. The van der Waals surface area contributed by atoms with Crippen molar-refractivity contribution in [2.24, 2.45) is 5.92 Å². The minimum Gasteiger partial charge on any atom is -0.342 e. The van der Waals surface area contributed by atoms with Crippen LogP contribution in [0.25, 0.3) is 0 Å². The van der Waals surface area contributed by atoms with E-state index in [-0.39, 0.29) is 17.7 Å². The van der Waals surface area contributed by atoms with Crippen molar-refractivity contribution in [3.63, 3.8) is 0 Å². The lowest BCUT2D eigenvalue weighted by Crippen LogP contribution is -2.40. The molecule has 0 N–H and O–H groups in total. The molecule has 0 radical (unpaired) electrons. The van der Waals surface area contributed by atoms with E-state index in [1.54, 1.807) is 0 Å². The first-order valence-corrected chi connectivity index (χ1v) is 8.25. The van der Waals surface area contributed by atoms with Crippen LogP contribution in [0.1, 0.15) is 36.8 Å². The molecule has 2 aliphatic rings. The third kappa shape index (κ3) is 3.32. The number of aryl methyl sites for hydroxylation is 1. The molecular formula is C18H24N2O2. The first kappa shape index (κ1) is 15.1. The molecule has 2 aliphatic heterocycles. The van der Waals surface area contributed by atoms with E-state index in [1.807, 2.05) is 9.80 Å². The van der Waals surface area contributed by atoms with Gasteiger partial charge in [-0.05, 0) is 31.7 Å². The molecule has 0 aliphatic carbocycles. The van der Waals surface area contributed by atoms with Gasteiger partial charge in [0.05, 0.1) is 5.92 Å². The Morgan fingerprint density at radius 2 is 1.82 bits per heavy atom. The first-order valence-electron chi connectivity index (χ1n) is 8.25. The van der Waals surface area contributed by atoms with Gasteiger partial charge in [-0.25, -0.2) is 0 Å². The number of carbonyl (C=O) groups excluding carboxylic acids is 2. The molecule has 22 heavy (non-hydrogen) atoms. The zero-order valence-corrected chi connectivity index (χ0v) is 13.3. The van der Waals surface area contributed by atoms with Gasteiger partial charge in [0.15, 0.2) is 0 Å². The number of hydrogen-bond acceptors (Lipinski definition) is 2. The summed E-state index contributed by atoms with van der Waals surface area (Å²) in [7, 11) is 0. The molecule has 3 rings (SSSR count). The fourth-order valence-electron chi connectivity index (χ4n) is 3.38. The summed E-state index contributed by atoms with van der Waals surface area (Å²) in [5, 5.41) is 0. The van der Waals surface area contributed by atoms with Gasteiger partial charge in [-0.1, -0.05) is 29.8 Å². The largest absolute Gasteiger partial charge is 0.342 e. The first-order chi connectivity index (χ1) is 10.6. The fraction of sp³-hybridized carbons (Fsp3) is 0.556. The van der Waals surface area contributed by atoms with Crippen LogP contribution >= 0.6 is 0 Å². The van der Waals surface area contributed by atoms with Crippen LogP contribution in [0.5, 0.6) is 0 Å². The molecule has 1 aromatic rings. The van der Waals surface area contributed by atoms with E-state index in [0.29, 0.717) is 19.5 Å². The highest BCUT2D eigenvalue weighted by Crippen LogP contribution is 2.23. The van der Waals surface area contributed by atoms with Gasteiger partial charge in [-0.3, -0.25) is 9.59 Å². The lowest BCUT2D eigenvalue weighted by atomic mass is 10.0. The van der Waals surface area contributed by atoms with Gasteiger partial charge in [0, 0.05) is 32.6 Å². The predicted molar refractivity (Wildman–Crippen MR) is 85.1 cm³/mol. The fourth-order valence-corrected chi connectivity index (χ4v) is 3.38. The van der Waals surface area contributed by atoms with Crippen LogP contribution < -0.4 is 0 Å². The minimum absolute atomic E-state index is 0.107. The zero-order valence-electron chi connectivity index (χ0n) is 13.3. The average molecular weight is 300 g/mol. The van der Waals surface area contributed by atoms with Gasteiger partial charge in [-0.2, -0.15) is 0 Å². The standard InChI is InChI=1S/C18H24N2O2/c1-14-5-7-15(8-6-14)12-20-13-16(11-17(20)21)18(22)19-9-3-2-4-10-19/h5-8,16H,2-4,9-13H2,1H3. The summed E-state index contributed by atoms with van der Waals surface area (Å²) >= 11 is 0. The van der Waals surface area contributed by atoms with Crippen LogP contribution in [-0.2, 0) is 16.1 Å². The van der Waals surface area contributed by atoms with Crippen molar-refractivity contribution in [2.75, 3.05) is 19.6 Å². The van der Waals surface area contributed by atoms with Crippen LogP contribution in [0.3, 0.4) is 0 Å². The van der Waals surface area contributed by atoms with Gasteiger partial charge in [0.1, 0.15) is 0 Å². The molecule has 2 heterocycles. The quantitative estimate of drug-likeness (QED) is 0.860. The number of hydrogen-bond donors (Lipinski definition) is 0. The average Bonchev–Trinajstić information content (AvgIpc) is 2.91. The van der Waals surface area contributed by atoms with Gasteiger partial charge in [-0.15, -0.1) is 0 Å². The molecular weight excluding hydrogens is 276 g/mol. The van der Waals surface area contributed by atoms with Crippen LogP contribution in [0.15, 0.2) is 24.3 Å². The predicted octanol–water partition coefficient (Wildman–Crippen LogP) is 2.36. The molecule has 118 valence electrons. The van der Waals surface area contributed by atoms with E-state index < -0.39 is 0 Å². The molecule has 2 saturated heterocycles. The second kappa shape index (κ2) is 6.51. The van der Waals surface area contributed by atoms with Crippen molar-refractivity contribution in [1.29, 1.82) is 0 Å². The highest BCUT2D eigenvalue weighted by atomic mass is 16.2. The van der Waals surface area contributed by atoms with Crippen molar-refractivity contribution in [3.8, 4) is 0 Å². The zero-order chi connectivity index (χ0) is 15.5. The Bertz CT molecular complexity index is 547. The molecule has 4 heteroatoms. The summed E-state index contributed by atoms with van der Waals surface area (Å²) in [4.78, 5) is 28.5. The summed E-state index contributed by atoms with van der Waals surface area (Å²) < 4.78 is 0. The number of carbonyl (C=O) groups is 2. The Morgan fingerprint density at radius 1 is 1.14 bits per heavy atom. The van der Waals surface area contributed by atoms with Gasteiger partial charge < -0.3 is 9.80 Å². The van der Waals surface area contributed by atoms with Crippen LogP contribution in [-0.4, -0.2) is 41.2 Å². The van der Waals surface area contributed by atoms with Crippen molar-refractivity contribution in [2.45, 2.75) is 39.2 Å². The number of likely N-dealkylation sites (tertiary alicyclic amines) is 2. The molecule has 0 saturated carbocycles. The SMILES string of the molecule is Cc1ccc(CN2CC(C(=O)N3CCCCC3)CC2=O)cc1. The third-order valence-corrected chi connectivity index (χ3v) is 4.73. The Hall–Kier alpha value is -1.84. The van der Waals surface area contributed by atoms with Crippen LogP contribution in [0, 0.1) is 12.8 Å². The van der Waals surface area contributed by atoms with E-state index in [2.05, 4.69) is 31.2 Å². The summed E-state index contributed by atoms with van der Waals surface area (Å²) in [5.74, 6) is 0.145. The Labute approximate surface area is 132 Å². The topological polar surface area (TPSA) is 40.6 Å². The van der Waals surface area contributed by atoms with Gasteiger partial charge in [0.2, 0.25) is 11.8 Å². The third-order valence-electron chi connectivity index (χ3n) is 4.73. The van der Waals surface area contributed by atoms with Gasteiger partial charge in [0.25, 0.3) is 0 Å². The minimum atomic E-state index is -0.143. The Balaban J connectivity index is 1.60. The lowest BCUT2D eigenvalue weighted by molar-refractivity contribution is -0.136. The second-order valence-electron chi connectivity index (χ2n) is 6.55. The maximum Gasteiger partial charge on any atom is 0.227 e. The number of nitrogens with zero attached hydrogens (tertiary/aromatic N) is 2. The normalized spacial score (nSPS) is 22.2. The van der Waals surface area contributed by atoms with Crippen molar-refractivity contribution in [3.05, 3.63) is 35.4 Å².